The van der Waals surface area contributed by atoms with Crippen molar-refractivity contribution in [2.45, 2.75) is 18.9 Å². The van der Waals surface area contributed by atoms with Crippen molar-refractivity contribution in [2.75, 3.05) is 0 Å². The van der Waals surface area contributed by atoms with Gasteiger partial charge in [0.05, 0.1) is 4.88 Å². The van der Waals surface area contributed by atoms with Crippen LogP contribution in [0.15, 0.2) is 120 Å². The minimum absolute atomic E-state index is 0.0735. The maximum Gasteiger partial charge on any atom is 0.311 e. The second kappa shape index (κ2) is 10.3. The highest BCUT2D eigenvalue weighted by Gasteiger charge is 2.42. The summed E-state index contributed by atoms with van der Waals surface area (Å²) in [4.78, 5) is 25.3. The molecule has 0 atom stereocenters. The van der Waals surface area contributed by atoms with Crippen LogP contribution in [0.25, 0.3) is 0 Å². The summed E-state index contributed by atoms with van der Waals surface area (Å²) in [5, 5.41) is 11.7. The first kappa shape index (κ1) is 24.3. The van der Waals surface area contributed by atoms with Gasteiger partial charge < -0.3 is 9.84 Å². The van der Waals surface area contributed by atoms with Crippen LogP contribution in [0.5, 0.6) is 11.6 Å². The molecule has 0 aliphatic rings. The lowest BCUT2D eigenvalue weighted by atomic mass is 9.76. The number of carbonyl (C=O) groups excluding carboxylic acids is 1. The monoisotopic (exact) mass is 507 g/mol. The molecule has 5 rings (SSSR count). The van der Waals surface area contributed by atoms with E-state index in [1.807, 2.05) is 103 Å². The standard InChI is InChI=1S/C31H25NO4S/c1-22(33)36-27-19-17-23(18-20-27)21-28-29(34)32(30(35)37-28)31(24-11-5-2-6-12-24,25-13-7-3-8-14-25)26-15-9-4-10-16-26/h2-20,34H,21H2,1H3. The van der Waals surface area contributed by atoms with Gasteiger partial charge in [-0.1, -0.05) is 114 Å². The number of nitrogens with zero attached hydrogens (tertiary/aromatic N) is 1. The SMILES string of the molecule is CC(=O)Oc1ccc(Cc2sc(=O)n(C(c3ccccc3)(c3ccccc3)c3ccccc3)c2O)cc1. The highest BCUT2D eigenvalue weighted by molar-refractivity contribution is 7.09. The normalized spacial score (nSPS) is 11.3. The molecule has 0 amide bonds. The number of esters is 1. The van der Waals surface area contributed by atoms with Crippen molar-refractivity contribution in [3.05, 3.63) is 152 Å². The summed E-state index contributed by atoms with van der Waals surface area (Å²) in [5.74, 6) is -0.0159. The van der Waals surface area contributed by atoms with E-state index in [4.69, 9.17) is 4.74 Å². The van der Waals surface area contributed by atoms with Crippen molar-refractivity contribution < 1.29 is 14.6 Å². The molecule has 6 heteroatoms. The Morgan fingerprint density at radius 1 is 0.784 bits per heavy atom. The molecular weight excluding hydrogens is 482 g/mol. The van der Waals surface area contributed by atoms with Crippen LogP contribution >= 0.6 is 11.3 Å². The van der Waals surface area contributed by atoms with E-state index < -0.39 is 5.54 Å². The van der Waals surface area contributed by atoms with Gasteiger partial charge >= 0.3 is 10.8 Å². The summed E-state index contributed by atoms with van der Waals surface area (Å²) in [5.41, 5.74) is 2.38. The molecule has 0 fully saturated rings. The number of carbonyl (C=O) groups is 1. The average Bonchev–Trinajstić information content (AvgIpc) is 3.20. The van der Waals surface area contributed by atoms with Gasteiger partial charge in [-0.2, -0.15) is 0 Å². The summed E-state index contributed by atoms with van der Waals surface area (Å²) < 4.78 is 6.63. The van der Waals surface area contributed by atoms with Crippen molar-refractivity contribution >= 4 is 17.3 Å². The average molecular weight is 508 g/mol. The molecule has 0 spiro atoms. The Bertz CT molecular complexity index is 1460. The van der Waals surface area contributed by atoms with Crippen molar-refractivity contribution in [1.82, 2.24) is 4.57 Å². The molecule has 5 aromatic rings. The second-order valence-corrected chi connectivity index (χ2v) is 9.72. The topological polar surface area (TPSA) is 68.5 Å². The van der Waals surface area contributed by atoms with Crippen LogP contribution in [0.1, 0.15) is 34.1 Å². The Hall–Kier alpha value is -4.42. The molecule has 0 saturated heterocycles. The minimum Gasteiger partial charge on any atom is -0.494 e. The molecule has 0 bridgehead atoms. The van der Waals surface area contributed by atoms with E-state index in [-0.39, 0.29) is 16.7 Å². The molecule has 0 radical (unpaired) electrons. The summed E-state index contributed by atoms with van der Waals surface area (Å²) in [7, 11) is 0. The van der Waals surface area contributed by atoms with Crippen LogP contribution in [-0.4, -0.2) is 15.6 Å². The van der Waals surface area contributed by atoms with Gasteiger partial charge in [0.25, 0.3) is 0 Å². The van der Waals surface area contributed by atoms with Crippen LogP contribution < -0.4 is 9.61 Å². The quantitative estimate of drug-likeness (QED) is 0.167. The van der Waals surface area contributed by atoms with E-state index in [2.05, 4.69) is 0 Å². The second-order valence-electron chi connectivity index (χ2n) is 8.67. The zero-order valence-corrected chi connectivity index (χ0v) is 21.0. The fourth-order valence-corrected chi connectivity index (χ4v) is 5.72. The van der Waals surface area contributed by atoms with Gasteiger partial charge in [0.15, 0.2) is 0 Å². The molecule has 4 aromatic carbocycles. The Morgan fingerprint density at radius 2 is 1.24 bits per heavy atom. The first-order valence-electron chi connectivity index (χ1n) is 11.9. The van der Waals surface area contributed by atoms with Gasteiger partial charge in [0.2, 0.25) is 5.88 Å². The maximum absolute atomic E-state index is 13.8. The maximum atomic E-state index is 13.8. The first-order chi connectivity index (χ1) is 18.0. The molecule has 5 nitrogen and oxygen atoms in total. The van der Waals surface area contributed by atoms with Gasteiger partial charge in [0.1, 0.15) is 11.3 Å². The van der Waals surface area contributed by atoms with Crippen molar-refractivity contribution in [3.8, 4) is 11.6 Å². The van der Waals surface area contributed by atoms with Gasteiger partial charge in [-0.25, -0.2) is 0 Å². The number of thiazole rings is 1. The van der Waals surface area contributed by atoms with Crippen molar-refractivity contribution in [3.63, 3.8) is 0 Å². The predicted molar refractivity (Wildman–Crippen MR) is 145 cm³/mol. The fraction of sp³-hybridized carbons (Fsp3) is 0.0968. The number of ether oxygens (including phenoxy) is 1. The number of hydrogen-bond donors (Lipinski definition) is 1. The summed E-state index contributed by atoms with van der Waals surface area (Å²) >= 11 is 1.03. The highest BCUT2D eigenvalue weighted by atomic mass is 32.1. The zero-order chi connectivity index (χ0) is 25.8. The molecule has 37 heavy (non-hydrogen) atoms. The number of aromatic nitrogens is 1. The molecule has 1 N–H and O–H groups in total. The van der Waals surface area contributed by atoms with Gasteiger partial charge in [-0.05, 0) is 34.4 Å². The number of hydrogen-bond acceptors (Lipinski definition) is 5. The van der Waals surface area contributed by atoms with Gasteiger partial charge in [-0.3, -0.25) is 14.2 Å². The molecule has 1 aromatic heterocycles. The van der Waals surface area contributed by atoms with Crippen LogP contribution in [-0.2, 0) is 16.8 Å². The van der Waals surface area contributed by atoms with Crippen molar-refractivity contribution in [1.29, 1.82) is 0 Å². The van der Waals surface area contributed by atoms with E-state index in [9.17, 15) is 14.7 Å². The van der Waals surface area contributed by atoms with Crippen molar-refractivity contribution in [2.24, 2.45) is 0 Å². The molecule has 0 saturated carbocycles. The molecule has 0 unspecified atom stereocenters. The first-order valence-corrected chi connectivity index (χ1v) is 12.7. The number of rotatable bonds is 7. The zero-order valence-electron chi connectivity index (χ0n) is 20.2. The molecule has 1 heterocycles. The third-order valence-electron chi connectivity index (χ3n) is 6.31. The van der Waals surface area contributed by atoms with E-state index in [1.54, 1.807) is 12.1 Å². The molecule has 0 aliphatic heterocycles. The summed E-state index contributed by atoms with van der Waals surface area (Å²) in [6.45, 7) is 1.35. The number of benzene rings is 4. The lowest BCUT2D eigenvalue weighted by molar-refractivity contribution is -0.131. The number of aromatic hydroxyl groups is 1. The Labute approximate surface area is 218 Å². The van der Waals surface area contributed by atoms with Gasteiger partial charge in [-0.15, -0.1) is 0 Å². The molecule has 184 valence electrons. The fourth-order valence-electron chi connectivity index (χ4n) is 4.77. The van der Waals surface area contributed by atoms with Gasteiger partial charge in [0, 0.05) is 13.3 Å². The Kier molecular flexibility index (Phi) is 6.75. The largest absolute Gasteiger partial charge is 0.494 e. The van der Waals surface area contributed by atoms with E-state index in [0.717, 1.165) is 33.6 Å². The predicted octanol–water partition coefficient (Wildman–Crippen LogP) is 5.97. The van der Waals surface area contributed by atoms with Crippen LogP contribution in [0.4, 0.5) is 0 Å². The minimum atomic E-state index is -1.08. The Balaban J connectivity index is 1.71. The molecule has 0 aliphatic carbocycles. The van der Waals surface area contributed by atoms with E-state index in [0.29, 0.717) is 17.0 Å². The van der Waals surface area contributed by atoms with Crippen LogP contribution in [0.2, 0.25) is 0 Å². The summed E-state index contributed by atoms with van der Waals surface area (Å²) in [6, 6.07) is 36.4. The third kappa shape index (κ3) is 4.59. The van der Waals surface area contributed by atoms with Crippen LogP contribution in [0.3, 0.4) is 0 Å². The third-order valence-corrected chi connectivity index (χ3v) is 7.24. The van der Waals surface area contributed by atoms with E-state index >= 15 is 0 Å². The van der Waals surface area contributed by atoms with E-state index in [1.165, 1.54) is 11.5 Å². The summed E-state index contributed by atoms with van der Waals surface area (Å²) in [6.07, 6.45) is 0.355. The molecular formula is C31H25NO4S. The smallest absolute Gasteiger partial charge is 0.311 e. The highest BCUT2D eigenvalue weighted by Crippen LogP contribution is 2.43. The Morgan fingerprint density at radius 3 is 1.68 bits per heavy atom. The lowest BCUT2D eigenvalue weighted by Crippen LogP contribution is -2.42. The van der Waals surface area contributed by atoms with Crippen LogP contribution in [0, 0.1) is 0 Å². The lowest BCUT2D eigenvalue weighted by Gasteiger charge is -2.37.